The lowest BCUT2D eigenvalue weighted by Crippen LogP contribution is -2.08. The van der Waals surface area contributed by atoms with Gasteiger partial charge >= 0.3 is 5.97 Å². The van der Waals surface area contributed by atoms with Crippen LogP contribution < -0.4 is 28.4 Å². The van der Waals surface area contributed by atoms with Crippen molar-refractivity contribution in [3.05, 3.63) is 41.0 Å². The number of ether oxygens (including phenoxy) is 7. The van der Waals surface area contributed by atoms with Gasteiger partial charge in [-0.05, 0) is 47.9 Å². The molecule has 0 N–H and O–H groups in total. The van der Waals surface area contributed by atoms with Crippen LogP contribution in [0, 0.1) is 5.92 Å². The van der Waals surface area contributed by atoms with Gasteiger partial charge in [-0.25, -0.2) is 4.79 Å². The van der Waals surface area contributed by atoms with Crippen molar-refractivity contribution in [1.29, 1.82) is 0 Å². The summed E-state index contributed by atoms with van der Waals surface area (Å²) in [5, 5.41) is 0. The molecule has 1 unspecified atom stereocenters. The number of methoxy groups -OCH3 is 6. The Hall–Kier alpha value is -3.55. The molecule has 8 nitrogen and oxygen atoms in total. The number of hydrogen-bond acceptors (Lipinski definition) is 8. The van der Waals surface area contributed by atoms with Crippen LogP contribution in [0.2, 0.25) is 0 Å². The third-order valence-electron chi connectivity index (χ3n) is 5.31. The molecule has 1 aliphatic heterocycles. The molecular weight excluding hydrogens is 416 g/mol. The minimum atomic E-state index is -0.351. The average Bonchev–Trinajstić information content (AvgIpc) is 3.16. The van der Waals surface area contributed by atoms with E-state index in [1.807, 2.05) is 12.1 Å². The molecule has 0 amide bonds. The number of carbonyl (C=O) groups is 1. The van der Waals surface area contributed by atoms with Gasteiger partial charge in [0.2, 0.25) is 11.5 Å². The highest BCUT2D eigenvalue weighted by Gasteiger charge is 2.31. The summed E-state index contributed by atoms with van der Waals surface area (Å²) in [5.41, 5.74) is 2.23. The summed E-state index contributed by atoms with van der Waals surface area (Å²) in [4.78, 5) is 12.5. The van der Waals surface area contributed by atoms with Gasteiger partial charge in [-0.3, -0.25) is 0 Å². The number of esters is 1. The maximum atomic E-state index is 12.5. The Morgan fingerprint density at radius 2 is 1.25 bits per heavy atom. The van der Waals surface area contributed by atoms with Crippen molar-refractivity contribution >= 4 is 12.0 Å². The molecule has 0 saturated carbocycles. The molecule has 1 fully saturated rings. The molecular formula is C24H28O8. The zero-order chi connectivity index (χ0) is 23.3. The molecule has 0 spiro atoms. The van der Waals surface area contributed by atoms with Gasteiger partial charge in [0.05, 0.1) is 49.3 Å². The molecule has 2 aromatic rings. The van der Waals surface area contributed by atoms with E-state index >= 15 is 0 Å². The molecule has 2 aromatic carbocycles. The minimum Gasteiger partial charge on any atom is -0.493 e. The molecule has 1 atom stereocenters. The van der Waals surface area contributed by atoms with Gasteiger partial charge in [-0.2, -0.15) is 0 Å². The third-order valence-corrected chi connectivity index (χ3v) is 5.31. The monoisotopic (exact) mass is 444 g/mol. The molecule has 0 aromatic heterocycles. The number of rotatable bonds is 9. The van der Waals surface area contributed by atoms with Gasteiger partial charge in [0.25, 0.3) is 0 Å². The smallest absolute Gasteiger partial charge is 0.334 e. The van der Waals surface area contributed by atoms with E-state index in [-0.39, 0.29) is 18.5 Å². The number of cyclic esters (lactones) is 1. The SMILES string of the molecule is COc1cc(C=C2C(=O)OCC2Cc2cc(OC)c(OC)c(OC)c2)cc(OC)c1OC. The summed E-state index contributed by atoms with van der Waals surface area (Å²) in [7, 11) is 9.33. The van der Waals surface area contributed by atoms with Crippen LogP contribution in [0.15, 0.2) is 29.8 Å². The molecule has 0 bridgehead atoms. The first-order valence-electron chi connectivity index (χ1n) is 9.97. The van der Waals surface area contributed by atoms with Gasteiger partial charge in [-0.1, -0.05) is 0 Å². The fraction of sp³-hybridized carbons (Fsp3) is 0.375. The topological polar surface area (TPSA) is 81.7 Å². The minimum absolute atomic E-state index is 0.149. The van der Waals surface area contributed by atoms with Gasteiger partial charge in [-0.15, -0.1) is 0 Å². The second-order valence-corrected chi connectivity index (χ2v) is 7.09. The van der Waals surface area contributed by atoms with Crippen molar-refractivity contribution in [3.8, 4) is 34.5 Å². The predicted molar refractivity (Wildman–Crippen MR) is 118 cm³/mol. The van der Waals surface area contributed by atoms with Crippen molar-refractivity contribution in [2.45, 2.75) is 6.42 Å². The van der Waals surface area contributed by atoms with E-state index in [0.29, 0.717) is 46.5 Å². The van der Waals surface area contributed by atoms with Crippen LogP contribution in [0.3, 0.4) is 0 Å². The first-order chi connectivity index (χ1) is 15.5. The lowest BCUT2D eigenvalue weighted by atomic mass is 9.92. The second kappa shape index (κ2) is 10.2. The standard InChI is InChI=1S/C24H28O8/c1-26-18-9-14(10-19(27-2)22(18)30-5)7-16-13-32-24(25)17(16)8-15-11-20(28-3)23(31-6)21(12-15)29-4/h8-12,16H,7,13H2,1-6H3. The average molecular weight is 444 g/mol. The molecule has 32 heavy (non-hydrogen) atoms. The van der Waals surface area contributed by atoms with E-state index in [4.69, 9.17) is 33.2 Å². The van der Waals surface area contributed by atoms with Crippen LogP contribution in [0.25, 0.3) is 6.08 Å². The van der Waals surface area contributed by atoms with Gasteiger partial charge < -0.3 is 33.2 Å². The zero-order valence-electron chi connectivity index (χ0n) is 19.1. The quantitative estimate of drug-likeness (QED) is 0.429. The fourth-order valence-corrected chi connectivity index (χ4v) is 3.76. The van der Waals surface area contributed by atoms with Crippen LogP contribution in [0.4, 0.5) is 0 Å². The van der Waals surface area contributed by atoms with E-state index in [1.54, 1.807) is 60.9 Å². The van der Waals surface area contributed by atoms with Crippen LogP contribution in [-0.2, 0) is 16.0 Å². The van der Waals surface area contributed by atoms with E-state index in [9.17, 15) is 4.79 Å². The van der Waals surface area contributed by atoms with E-state index in [1.165, 1.54) is 0 Å². The van der Waals surface area contributed by atoms with Crippen LogP contribution in [0.1, 0.15) is 11.1 Å². The maximum absolute atomic E-state index is 12.5. The number of hydrogen-bond donors (Lipinski definition) is 0. The van der Waals surface area contributed by atoms with Crippen molar-refractivity contribution < 1.29 is 38.0 Å². The van der Waals surface area contributed by atoms with Crippen LogP contribution in [-0.4, -0.2) is 55.2 Å². The Kier molecular flexibility index (Phi) is 7.35. The molecule has 3 rings (SSSR count). The number of carbonyl (C=O) groups excluding carboxylic acids is 1. The first kappa shape index (κ1) is 23.1. The molecule has 172 valence electrons. The van der Waals surface area contributed by atoms with Gasteiger partial charge in [0, 0.05) is 11.5 Å². The molecule has 0 radical (unpaired) electrons. The van der Waals surface area contributed by atoms with Crippen molar-refractivity contribution in [1.82, 2.24) is 0 Å². The Morgan fingerprint density at radius 1 is 0.781 bits per heavy atom. The fourth-order valence-electron chi connectivity index (χ4n) is 3.76. The lowest BCUT2D eigenvalue weighted by Gasteiger charge is -2.16. The zero-order valence-corrected chi connectivity index (χ0v) is 19.1. The molecule has 1 aliphatic rings. The summed E-state index contributed by atoms with van der Waals surface area (Å²) >= 11 is 0. The highest BCUT2D eigenvalue weighted by atomic mass is 16.5. The van der Waals surface area contributed by atoms with Crippen LogP contribution >= 0.6 is 0 Å². The Labute approximate surface area is 187 Å². The van der Waals surface area contributed by atoms with E-state index in [0.717, 1.165) is 11.1 Å². The summed E-state index contributed by atoms with van der Waals surface area (Å²) in [6, 6.07) is 7.33. The third kappa shape index (κ3) is 4.54. The largest absolute Gasteiger partial charge is 0.493 e. The highest BCUT2D eigenvalue weighted by molar-refractivity contribution is 5.96. The van der Waals surface area contributed by atoms with E-state index in [2.05, 4.69) is 0 Å². The lowest BCUT2D eigenvalue weighted by molar-refractivity contribution is -0.135. The van der Waals surface area contributed by atoms with Gasteiger partial charge in [0.15, 0.2) is 23.0 Å². The summed E-state index contributed by atoms with van der Waals surface area (Å²) in [6.07, 6.45) is 2.35. The summed E-state index contributed by atoms with van der Waals surface area (Å²) < 4.78 is 37.8. The van der Waals surface area contributed by atoms with Crippen molar-refractivity contribution in [2.24, 2.45) is 5.92 Å². The Morgan fingerprint density at radius 3 is 1.69 bits per heavy atom. The van der Waals surface area contributed by atoms with Crippen molar-refractivity contribution in [2.75, 3.05) is 49.3 Å². The van der Waals surface area contributed by atoms with Gasteiger partial charge in [0.1, 0.15) is 0 Å². The molecule has 0 aliphatic carbocycles. The maximum Gasteiger partial charge on any atom is 0.334 e. The molecule has 8 heteroatoms. The van der Waals surface area contributed by atoms with Crippen molar-refractivity contribution in [3.63, 3.8) is 0 Å². The summed E-state index contributed by atoms with van der Waals surface area (Å²) in [5.74, 6) is 2.63. The number of benzene rings is 2. The Balaban J connectivity index is 1.97. The normalized spacial score (nSPS) is 16.5. The Bertz CT molecular complexity index is 961. The second-order valence-electron chi connectivity index (χ2n) is 7.09. The first-order valence-corrected chi connectivity index (χ1v) is 9.97. The van der Waals surface area contributed by atoms with Crippen LogP contribution in [0.5, 0.6) is 34.5 Å². The molecule has 1 heterocycles. The summed E-state index contributed by atoms with van der Waals surface area (Å²) in [6.45, 7) is 0.283. The van der Waals surface area contributed by atoms with E-state index < -0.39 is 0 Å². The predicted octanol–water partition coefficient (Wildman–Crippen LogP) is 3.54. The highest BCUT2D eigenvalue weighted by Crippen LogP contribution is 2.41. The molecule has 1 saturated heterocycles.